The van der Waals surface area contributed by atoms with Gasteiger partial charge in [0.1, 0.15) is 6.67 Å². The molecule has 0 aromatic heterocycles. The van der Waals surface area contributed by atoms with Gasteiger partial charge in [-0.1, -0.05) is 6.92 Å². The van der Waals surface area contributed by atoms with Gasteiger partial charge >= 0.3 is 0 Å². The van der Waals surface area contributed by atoms with Gasteiger partial charge in [0, 0.05) is 18.9 Å². The van der Waals surface area contributed by atoms with Crippen molar-refractivity contribution in [2.45, 2.75) is 13.3 Å². The van der Waals surface area contributed by atoms with Gasteiger partial charge < -0.3 is 4.90 Å². The van der Waals surface area contributed by atoms with E-state index in [-0.39, 0.29) is 0 Å². The summed E-state index contributed by atoms with van der Waals surface area (Å²) in [6, 6.07) is 0. The molecule has 0 aliphatic carbocycles. The van der Waals surface area contributed by atoms with Crippen LogP contribution in [0.15, 0.2) is 17.7 Å². The minimum absolute atomic E-state index is 0.608. The van der Waals surface area contributed by atoms with Crippen molar-refractivity contribution in [3.8, 4) is 0 Å². The number of rotatable bonds is 3. The van der Waals surface area contributed by atoms with Crippen LogP contribution < -0.4 is 0 Å². The van der Waals surface area contributed by atoms with Gasteiger partial charge in [0.15, 0.2) is 0 Å². The van der Waals surface area contributed by atoms with Gasteiger partial charge in [0.2, 0.25) is 0 Å². The molecule has 1 aliphatic rings. The zero-order valence-corrected chi connectivity index (χ0v) is 6.03. The Kier molecular flexibility index (Phi) is 2.25. The van der Waals surface area contributed by atoms with Crippen LogP contribution in [-0.2, 0) is 0 Å². The molecule has 0 saturated carbocycles. The lowest BCUT2D eigenvalue weighted by atomic mass is 10.4. The SMILES string of the molecule is CCCN1C=CN(N=O)C1. The highest BCUT2D eigenvalue weighted by molar-refractivity contribution is 4.88. The molecule has 0 aromatic carbocycles. The topological polar surface area (TPSA) is 35.9 Å². The Bertz CT molecular complexity index is 146. The molecule has 0 aromatic rings. The van der Waals surface area contributed by atoms with E-state index in [1.165, 1.54) is 5.01 Å². The van der Waals surface area contributed by atoms with E-state index in [0.29, 0.717) is 6.67 Å². The standard InChI is InChI=1S/C6H11N3O/c1-2-3-8-4-5-9(6-8)7-10/h4-5H,2-3,6H2,1H3. The van der Waals surface area contributed by atoms with Crippen LogP contribution in [0.4, 0.5) is 0 Å². The van der Waals surface area contributed by atoms with E-state index in [0.717, 1.165) is 13.0 Å². The molecule has 4 heteroatoms. The quantitative estimate of drug-likeness (QED) is 0.552. The first-order chi connectivity index (χ1) is 4.86. The monoisotopic (exact) mass is 141 g/mol. The molecule has 0 saturated heterocycles. The van der Waals surface area contributed by atoms with Crippen molar-refractivity contribution in [1.82, 2.24) is 9.91 Å². The molecule has 0 amide bonds. The first-order valence-electron chi connectivity index (χ1n) is 3.39. The summed E-state index contributed by atoms with van der Waals surface area (Å²) in [4.78, 5) is 12.0. The van der Waals surface area contributed by atoms with Crippen LogP contribution in [0.5, 0.6) is 0 Å². The van der Waals surface area contributed by atoms with Gasteiger partial charge in [-0.3, -0.25) is 0 Å². The lowest BCUT2D eigenvalue weighted by molar-refractivity contribution is 0.271. The van der Waals surface area contributed by atoms with Crippen LogP contribution in [-0.4, -0.2) is 23.1 Å². The van der Waals surface area contributed by atoms with E-state index in [2.05, 4.69) is 12.2 Å². The molecule has 0 N–H and O–H groups in total. The molecule has 10 heavy (non-hydrogen) atoms. The van der Waals surface area contributed by atoms with Crippen LogP contribution in [0.1, 0.15) is 13.3 Å². The molecule has 56 valence electrons. The molecular weight excluding hydrogens is 130 g/mol. The Balaban J connectivity index is 2.30. The predicted octanol–water partition coefficient (Wildman–Crippen LogP) is 1.12. The Morgan fingerprint density at radius 3 is 2.90 bits per heavy atom. The second-order valence-electron chi connectivity index (χ2n) is 2.27. The number of nitrogens with zero attached hydrogens (tertiary/aromatic N) is 3. The Morgan fingerprint density at radius 2 is 2.40 bits per heavy atom. The molecule has 0 bridgehead atoms. The number of hydrogen-bond donors (Lipinski definition) is 0. The molecule has 0 atom stereocenters. The summed E-state index contributed by atoms with van der Waals surface area (Å²) >= 11 is 0. The van der Waals surface area contributed by atoms with Gasteiger partial charge in [-0.2, -0.15) is 0 Å². The van der Waals surface area contributed by atoms with Gasteiger partial charge in [-0.05, 0) is 6.42 Å². The van der Waals surface area contributed by atoms with Crippen LogP contribution in [0.2, 0.25) is 0 Å². The normalized spacial score (nSPS) is 16.5. The zero-order valence-electron chi connectivity index (χ0n) is 6.03. The lowest BCUT2D eigenvalue weighted by Gasteiger charge is -2.14. The maximum absolute atomic E-state index is 9.95. The van der Waals surface area contributed by atoms with Crippen molar-refractivity contribution < 1.29 is 0 Å². The van der Waals surface area contributed by atoms with Gasteiger partial charge in [0.25, 0.3) is 0 Å². The first kappa shape index (κ1) is 7.05. The summed E-state index contributed by atoms with van der Waals surface area (Å²) in [5, 5.41) is 4.15. The molecule has 0 spiro atoms. The van der Waals surface area contributed by atoms with Gasteiger partial charge in [0.05, 0.1) is 5.29 Å². The summed E-state index contributed by atoms with van der Waals surface area (Å²) in [6.45, 7) is 3.70. The highest BCUT2D eigenvalue weighted by Crippen LogP contribution is 2.05. The summed E-state index contributed by atoms with van der Waals surface area (Å²) in [5.74, 6) is 0. The predicted molar refractivity (Wildman–Crippen MR) is 38.6 cm³/mol. The minimum Gasteiger partial charge on any atom is -0.357 e. The molecule has 0 unspecified atom stereocenters. The van der Waals surface area contributed by atoms with Crippen LogP contribution in [0.25, 0.3) is 0 Å². The lowest BCUT2D eigenvalue weighted by Crippen LogP contribution is -2.22. The van der Waals surface area contributed by atoms with E-state index in [9.17, 15) is 4.91 Å². The summed E-state index contributed by atoms with van der Waals surface area (Å²) in [6.07, 6.45) is 4.66. The Morgan fingerprint density at radius 1 is 1.60 bits per heavy atom. The van der Waals surface area contributed by atoms with Gasteiger partial charge in [-0.15, -0.1) is 4.91 Å². The van der Waals surface area contributed by atoms with E-state index in [1.807, 2.05) is 11.1 Å². The average molecular weight is 141 g/mol. The molecule has 4 nitrogen and oxygen atoms in total. The summed E-state index contributed by atoms with van der Waals surface area (Å²) in [5.41, 5.74) is 0. The second kappa shape index (κ2) is 3.20. The third kappa shape index (κ3) is 1.46. The summed E-state index contributed by atoms with van der Waals surface area (Å²) in [7, 11) is 0. The largest absolute Gasteiger partial charge is 0.357 e. The Hall–Kier alpha value is -1.06. The van der Waals surface area contributed by atoms with Crippen molar-refractivity contribution in [1.29, 1.82) is 0 Å². The van der Waals surface area contributed by atoms with E-state index >= 15 is 0 Å². The van der Waals surface area contributed by atoms with Crippen molar-refractivity contribution in [2.24, 2.45) is 5.29 Å². The van der Waals surface area contributed by atoms with Crippen molar-refractivity contribution in [3.63, 3.8) is 0 Å². The van der Waals surface area contributed by atoms with Crippen LogP contribution in [0, 0.1) is 4.91 Å². The fourth-order valence-electron chi connectivity index (χ4n) is 0.937. The van der Waals surface area contributed by atoms with E-state index in [4.69, 9.17) is 0 Å². The molecule has 1 aliphatic heterocycles. The molecular formula is C6H11N3O. The van der Waals surface area contributed by atoms with Crippen LogP contribution in [0.3, 0.4) is 0 Å². The zero-order chi connectivity index (χ0) is 7.40. The first-order valence-corrected chi connectivity index (χ1v) is 3.39. The Labute approximate surface area is 60.1 Å². The maximum atomic E-state index is 9.95. The number of nitroso groups, excluding NO2 is 1. The van der Waals surface area contributed by atoms with E-state index in [1.54, 1.807) is 6.20 Å². The third-order valence-corrected chi connectivity index (χ3v) is 1.39. The highest BCUT2D eigenvalue weighted by Gasteiger charge is 2.09. The number of hydrogen-bond acceptors (Lipinski definition) is 3. The maximum Gasteiger partial charge on any atom is 0.115 e. The molecule has 1 heterocycles. The fourth-order valence-corrected chi connectivity index (χ4v) is 0.937. The van der Waals surface area contributed by atoms with Crippen molar-refractivity contribution in [3.05, 3.63) is 17.3 Å². The fraction of sp³-hybridized carbons (Fsp3) is 0.667. The third-order valence-electron chi connectivity index (χ3n) is 1.39. The van der Waals surface area contributed by atoms with Gasteiger partial charge in [-0.25, -0.2) is 5.01 Å². The molecule has 0 fully saturated rings. The van der Waals surface area contributed by atoms with Crippen molar-refractivity contribution >= 4 is 0 Å². The molecule has 1 rings (SSSR count). The molecule has 0 radical (unpaired) electrons. The highest BCUT2D eigenvalue weighted by atomic mass is 16.3. The summed E-state index contributed by atoms with van der Waals surface area (Å²) < 4.78 is 0. The second-order valence-corrected chi connectivity index (χ2v) is 2.27. The van der Waals surface area contributed by atoms with E-state index < -0.39 is 0 Å². The average Bonchev–Trinajstić information content (AvgIpc) is 2.37. The smallest absolute Gasteiger partial charge is 0.115 e. The van der Waals surface area contributed by atoms with Crippen LogP contribution >= 0.6 is 0 Å². The minimum atomic E-state index is 0.608. The van der Waals surface area contributed by atoms with Crippen molar-refractivity contribution in [2.75, 3.05) is 13.2 Å².